The number of nitrogens with zero attached hydrogens (tertiary/aromatic N) is 1. The molecule has 0 spiro atoms. The van der Waals surface area contributed by atoms with E-state index in [-0.39, 0.29) is 30.9 Å². The van der Waals surface area contributed by atoms with E-state index in [2.05, 4.69) is 5.32 Å². The van der Waals surface area contributed by atoms with Crippen LogP contribution in [0.4, 0.5) is 4.79 Å². The zero-order valence-corrected chi connectivity index (χ0v) is 17.6. The first-order valence-corrected chi connectivity index (χ1v) is 9.26. The Balaban J connectivity index is 2.78. The predicted octanol–water partition coefficient (Wildman–Crippen LogP) is 1.76. The molecular weight excluding hydrogens is 352 g/mol. The van der Waals surface area contributed by atoms with E-state index in [4.69, 9.17) is 14.2 Å². The molecule has 0 aromatic heterocycles. The van der Waals surface area contributed by atoms with E-state index >= 15 is 0 Å². The van der Waals surface area contributed by atoms with Crippen molar-refractivity contribution in [3.8, 4) is 0 Å². The maximum Gasteiger partial charge on any atom is 0.411 e. The summed E-state index contributed by atoms with van der Waals surface area (Å²) in [4.78, 5) is 38.6. The lowest BCUT2D eigenvalue weighted by atomic mass is 9.91. The Morgan fingerprint density at radius 2 is 1.70 bits per heavy atom. The lowest BCUT2D eigenvalue weighted by Gasteiger charge is -2.28. The van der Waals surface area contributed by atoms with E-state index in [0.29, 0.717) is 19.6 Å². The number of ketones is 1. The molecule has 1 fully saturated rings. The smallest absolute Gasteiger partial charge is 0.411 e. The van der Waals surface area contributed by atoms with Gasteiger partial charge >= 0.3 is 6.09 Å². The number of hydrogen-bond acceptors (Lipinski definition) is 6. The molecule has 1 aliphatic rings. The Morgan fingerprint density at radius 3 is 2.22 bits per heavy atom. The highest BCUT2D eigenvalue weighted by atomic mass is 16.6. The minimum atomic E-state index is -0.736. The van der Waals surface area contributed by atoms with E-state index in [1.54, 1.807) is 48.7 Å². The van der Waals surface area contributed by atoms with Crippen molar-refractivity contribution in [2.24, 2.45) is 5.41 Å². The van der Waals surface area contributed by atoms with Crippen LogP contribution in [0.1, 0.15) is 48.0 Å². The van der Waals surface area contributed by atoms with Crippen LogP contribution in [-0.4, -0.2) is 73.8 Å². The number of carbonyl (C=O) groups excluding carboxylic acids is 3. The third-order valence-corrected chi connectivity index (χ3v) is 4.09. The van der Waals surface area contributed by atoms with Crippen LogP contribution in [0.15, 0.2) is 0 Å². The van der Waals surface area contributed by atoms with Crippen molar-refractivity contribution in [1.82, 2.24) is 10.2 Å². The first-order chi connectivity index (χ1) is 12.3. The Hall–Kier alpha value is -1.67. The molecule has 0 saturated carbocycles. The minimum Gasteiger partial charge on any atom is -0.444 e. The Morgan fingerprint density at radius 1 is 1.07 bits per heavy atom. The SMILES string of the molecule is COCCO[C@@H]1C[C@@H](C(=O)NCC(=O)C(C)(C)C)N(C(=O)OC(C)(C)C)C1. The fraction of sp³-hybridized carbons (Fsp3) is 0.842. The summed E-state index contributed by atoms with van der Waals surface area (Å²) >= 11 is 0. The van der Waals surface area contributed by atoms with Crippen molar-refractivity contribution in [1.29, 1.82) is 0 Å². The van der Waals surface area contributed by atoms with Gasteiger partial charge in [-0.05, 0) is 20.8 Å². The lowest BCUT2D eigenvalue weighted by molar-refractivity contribution is -0.130. The highest BCUT2D eigenvalue weighted by Crippen LogP contribution is 2.24. The number of Topliss-reactive ketones (excluding diaryl/α,β-unsaturated/α-hetero) is 1. The van der Waals surface area contributed by atoms with Crippen molar-refractivity contribution in [2.45, 2.75) is 65.7 Å². The number of carbonyl (C=O) groups is 3. The molecule has 0 aromatic carbocycles. The van der Waals surface area contributed by atoms with Gasteiger partial charge < -0.3 is 19.5 Å². The van der Waals surface area contributed by atoms with Gasteiger partial charge in [0.1, 0.15) is 11.6 Å². The molecular formula is C19H34N2O6. The van der Waals surface area contributed by atoms with Gasteiger partial charge in [-0.1, -0.05) is 20.8 Å². The summed E-state index contributed by atoms with van der Waals surface area (Å²) in [6.07, 6.45) is -0.511. The summed E-state index contributed by atoms with van der Waals surface area (Å²) < 4.78 is 16.1. The summed E-state index contributed by atoms with van der Waals surface area (Å²) in [6.45, 7) is 11.7. The molecule has 1 rings (SSSR count). The van der Waals surface area contributed by atoms with Crippen LogP contribution in [0.2, 0.25) is 0 Å². The van der Waals surface area contributed by atoms with Crippen LogP contribution in [0.3, 0.4) is 0 Å². The Labute approximate surface area is 161 Å². The summed E-state index contributed by atoms with van der Waals surface area (Å²) in [5.41, 5.74) is -1.21. The van der Waals surface area contributed by atoms with Gasteiger partial charge in [-0.15, -0.1) is 0 Å². The van der Waals surface area contributed by atoms with Gasteiger partial charge in [0.15, 0.2) is 5.78 Å². The quantitative estimate of drug-likeness (QED) is 0.670. The molecule has 1 saturated heterocycles. The van der Waals surface area contributed by atoms with Crippen molar-refractivity contribution in [3.63, 3.8) is 0 Å². The number of rotatable bonds is 7. The lowest BCUT2D eigenvalue weighted by Crippen LogP contribution is -2.49. The third-order valence-electron chi connectivity index (χ3n) is 4.09. The maximum atomic E-state index is 12.6. The second-order valence-corrected chi connectivity index (χ2v) is 8.76. The maximum absolute atomic E-state index is 12.6. The van der Waals surface area contributed by atoms with Gasteiger partial charge in [-0.25, -0.2) is 4.79 Å². The molecule has 0 aliphatic carbocycles. The highest BCUT2D eigenvalue weighted by molar-refractivity contribution is 5.92. The average Bonchev–Trinajstić information content (AvgIpc) is 2.94. The fourth-order valence-corrected chi connectivity index (χ4v) is 2.54. The van der Waals surface area contributed by atoms with E-state index in [9.17, 15) is 14.4 Å². The second-order valence-electron chi connectivity index (χ2n) is 8.76. The molecule has 156 valence electrons. The Bertz CT molecular complexity index is 535. The molecule has 2 amide bonds. The molecule has 1 N–H and O–H groups in total. The third kappa shape index (κ3) is 7.84. The van der Waals surface area contributed by atoms with Crippen molar-refractivity contribution < 1.29 is 28.6 Å². The Kier molecular flexibility index (Phi) is 8.23. The van der Waals surface area contributed by atoms with E-state index in [1.807, 2.05) is 0 Å². The van der Waals surface area contributed by atoms with Gasteiger partial charge in [0, 0.05) is 18.9 Å². The molecule has 1 heterocycles. The fourth-order valence-electron chi connectivity index (χ4n) is 2.54. The molecule has 0 unspecified atom stereocenters. The van der Waals surface area contributed by atoms with Gasteiger partial charge in [-0.3, -0.25) is 14.5 Å². The summed E-state index contributed by atoms with van der Waals surface area (Å²) in [7, 11) is 1.58. The van der Waals surface area contributed by atoms with Gasteiger partial charge in [0.25, 0.3) is 0 Å². The second kappa shape index (κ2) is 9.50. The molecule has 8 nitrogen and oxygen atoms in total. The zero-order chi connectivity index (χ0) is 20.8. The van der Waals surface area contributed by atoms with Gasteiger partial charge in [0.2, 0.25) is 5.91 Å². The van der Waals surface area contributed by atoms with Crippen LogP contribution in [0.5, 0.6) is 0 Å². The number of amides is 2. The van der Waals surface area contributed by atoms with E-state index in [0.717, 1.165) is 0 Å². The summed E-state index contributed by atoms with van der Waals surface area (Å²) in [5, 5.41) is 2.65. The van der Waals surface area contributed by atoms with Crippen LogP contribution in [0, 0.1) is 5.41 Å². The first-order valence-electron chi connectivity index (χ1n) is 9.26. The number of hydrogen-bond donors (Lipinski definition) is 1. The largest absolute Gasteiger partial charge is 0.444 e. The van der Waals surface area contributed by atoms with E-state index < -0.39 is 23.2 Å². The normalized spacial score (nSPS) is 20.5. The van der Waals surface area contributed by atoms with Crippen molar-refractivity contribution in [3.05, 3.63) is 0 Å². The topological polar surface area (TPSA) is 94.2 Å². The zero-order valence-electron chi connectivity index (χ0n) is 17.6. The van der Waals surface area contributed by atoms with Crippen LogP contribution >= 0.6 is 0 Å². The molecule has 0 bridgehead atoms. The molecule has 27 heavy (non-hydrogen) atoms. The molecule has 8 heteroatoms. The van der Waals surface area contributed by atoms with Crippen molar-refractivity contribution >= 4 is 17.8 Å². The average molecular weight is 386 g/mol. The summed E-state index contributed by atoms with van der Waals surface area (Å²) in [6, 6.07) is -0.736. The standard InChI is InChI=1S/C19H34N2O6/c1-18(2,3)15(22)11-20-16(23)14-10-13(26-9-8-25-7)12-21(14)17(24)27-19(4,5)6/h13-14H,8-12H2,1-7H3,(H,20,23)/t13-,14+/m1/s1. The molecule has 2 atom stereocenters. The first kappa shape index (κ1) is 23.4. The van der Waals surface area contributed by atoms with Gasteiger partial charge in [0.05, 0.1) is 32.4 Å². The van der Waals surface area contributed by atoms with Crippen LogP contribution in [0.25, 0.3) is 0 Å². The van der Waals surface area contributed by atoms with Crippen LogP contribution < -0.4 is 5.32 Å². The predicted molar refractivity (Wildman–Crippen MR) is 100 cm³/mol. The molecule has 0 radical (unpaired) electrons. The van der Waals surface area contributed by atoms with Gasteiger partial charge in [-0.2, -0.15) is 0 Å². The number of ether oxygens (including phenoxy) is 3. The van der Waals surface area contributed by atoms with Crippen molar-refractivity contribution in [2.75, 3.05) is 33.4 Å². The number of nitrogens with one attached hydrogen (secondary N) is 1. The monoisotopic (exact) mass is 386 g/mol. The molecule has 0 aromatic rings. The number of likely N-dealkylation sites (tertiary alicyclic amines) is 1. The molecule has 1 aliphatic heterocycles. The van der Waals surface area contributed by atoms with Crippen LogP contribution in [-0.2, 0) is 23.8 Å². The number of methoxy groups -OCH3 is 1. The van der Waals surface area contributed by atoms with E-state index in [1.165, 1.54) is 4.90 Å². The highest BCUT2D eigenvalue weighted by Gasteiger charge is 2.42. The minimum absolute atomic E-state index is 0.0732. The summed E-state index contributed by atoms with van der Waals surface area (Å²) in [5.74, 6) is -0.457.